The Kier molecular flexibility index (Phi) is 8.47. The molecule has 2 fully saturated rings. The lowest BCUT2D eigenvalue weighted by Crippen LogP contribution is -2.30. The van der Waals surface area contributed by atoms with E-state index >= 15 is 0 Å². The maximum Gasteiger partial charge on any atom is 0.330 e. The van der Waals surface area contributed by atoms with Crippen LogP contribution in [0, 0.1) is 23.7 Å². The SMILES string of the molecule is COC(=O)/C=C/CCCC[C@@H]1[C@@H](C#CC2(O)CCCCC2)[C@H](O)C[C@H]1Cl. The van der Waals surface area contributed by atoms with Crippen LogP contribution in [0.15, 0.2) is 12.2 Å². The lowest BCUT2D eigenvalue weighted by molar-refractivity contribution is -0.134. The van der Waals surface area contributed by atoms with Crippen LogP contribution in [0.5, 0.6) is 0 Å². The number of unbranched alkanes of at least 4 members (excludes halogenated alkanes) is 2. The van der Waals surface area contributed by atoms with Crippen molar-refractivity contribution < 1.29 is 19.7 Å². The molecular weight excluding hydrogens is 352 g/mol. The molecule has 5 heteroatoms. The summed E-state index contributed by atoms with van der Waals surface area (Å²) < 4.78 is 4.56. The van der Waals surface area contributed by atoms with Crippen LogP contribution in [0.1, 0.15) is 64.2 Å². The summed E-state index contributed by atoms with van der Waals surface area (Å²) >= 11 is 6.46. The molecule has 0 bridgehead atoms. The van der Waals surface area contributed by atoms with Crippen molar-refractivity contribution in [3.8, 4) is 11.8 Å². The van der Waals surface area contributed by atoms with Gasteiger partial charge in [-0.3, -0.25) is 0 Å². The van der Waals surface area contributed by atoms with Crippen LogP contribution in [0.4, 0.5) is 0 Å². The first kappa shape index (κ1) is 21.3. The first-order valence-electron chi connectivity index (χ1n) is 9.77. The molecule has 2 rings (SSSR count). The number of aliphatic hydroxyl groups excluding tert-OH is 1. The van der Waals surface area contributed by atoms with E-state index < -0.39 is 11.7 Å². The third kappa shape index (κ3) is 6.30. The lowest BCUT2D eigenvalue weighted by atomic mass is 9.84. The van der Waals surface area contributed by atoms with Gasteiger partial charge in [0.05, 0.1) is 19.1 Å². The second-order valence-corrected chi connectivity index (χ2v) is 8.14. The fourth-order valence-corrected chi connectivity index (χ4v) is 4.46. The van der Waals surface area contributed by atoms with Gasteiger partial charge in [-0.1, -0.05) is 30.8 Å². The minimum Gasteiger partial charge on any atom is -0.466 e. The van der Waals surface area contributed by atoms with Gasteiger partial charge in [0.2, 0.25) is 0 Å². The van der Waals surface area contributed by atoms with Gasteiger partial charge in [-0.2, -0.15) is 0 Å². The number of halogens is 1. The summed E-state index contributed by atoms with van der Waals surface area (Å²) in [5.41, 5.74) is -0.883. The number of carbonyl (C=O) groups excluding carboxylic acids is 1. The van der Waals surface area contributed by atoms with Crippen LogP contribution in [0.25, 0.3) is 0 Å². The number of allylic oxidation sites excluding steroid dienone is 1. The Balaban J connectivity index is 1.85. The van der Waals surface area contributed by atoms with Crippen molar-refractivity contribution in [3.63, 3.8) is 0 Å². The van der Waals surface area contributed by atoms with E-state index in [1.165, 1.54) is 13.2 Å². The Labute approximate surface area is 162 Å². The minimum absolute atomic E-state index is 0.0732. The fraction of sp³-hybridized carbons (Fsp3) is 0.762. The average Bonchev–Trinajstić information content (AvgIpc) is 2.89. The van der Waals surface area contributed by atoms with Gasteiger partial charge in [0.25, 0.3) is 0 Å². The van der Waals surface area contributed by atoms with Crippen LogP contribution in [-0.2, 0) is 9.53 Å². The van der Waals surface area contributed by atoms with Crippen molar-refractivity contribution in [1.82, 2.24) is 0 Å². The molecule has 0 unspecified atom stereocenters. The number of hydrogen-bond donors (Lipinski definition) is 2. The van der Waals surface area contributed by atoms with Crippen LogP contribution >= 0.6 is 11.6 Å². The predicted octanol–water partition coefficient (Wildman–Crippen LogP) is 3.58. The van der Waals surface area contributed by atoms with E-state index in [9.17, 15) is 15.0 Å². The molecular formula is C21H31ClO4. The average molecular weight is 383 g/mol. The number of methoxy groups -OCH3 is 1. The second kappa shape index (κ2) is 10.3. The molecule has 2 N–H and O–H groups in total. The van der Waals surface area contributed by atoms with Crippen molar-refractivity contribution in [1.29, 1.82) is 0 Å². The Morgan fingerprint density at radius 3 is 2.73 bits per heavy atom. The highest BCUT2D eigenvalue weighted by atomic mass is 35.5. The summed E-state index contributed by atoms with van der Waals surface area (Å²) in [6.45, 7) is 0. The summed E-state index contributed by atoms with van der Waals surface area (Å²) in [4.78, 5) is 11.0. The maximum absolute atomic E-state index is 11.0. The summed E-state index contributed by atoms with van der Waals surface area (Å²) in [5, 5.41) is 20.8. The van der Waals surface area contributed by atoms with E-state index in [4.69, 9.17) is 11.6 Å². The molecule has 0 aromatic carbocycles. The number of esters is 1. The Morgan fingerprint density at radius 2 is 2.04 bits per heavy atom. The predicted molar refractivity (Wildman–Crippen MR) is 103 cm³/mol. The summed E-state index contributed by atoms with van der Waals surface area (Å²) in [6.07, 6.45) is 11.6. The molecule has 4 nitrogen and oxygen atoms in total. The normalized spacial score (nSPS) is 30.8. The third-order valence-corrected chi connectivity index (χ3v) is 6.07. The van der Waals surface area contributed by atoms with Crippen LogP contribution in [-0.4, -0.2) is 40.4 Å². The van der Waals surface area contributed by atoms with Crippen molar-refractivity contribution in [3.05, 3.63) is 12.2 Å². The molecule has 2 aliphatic carbocycles. The monoisotopic (exact) mass is 382 g/mol. The zero-order valence-electron chi connectivity index (χ0n) is 15.6. The highest BCUT2D eigenvalue weighted by molar-refractivity contribution is 6.21. The molecule has 0 spiro atoms. The molecule has 0 saturated heterocycles. The number of alkyl halides is 1. The minimum atomic E-state index is -0.883. The maximum atomic E-state index is 11.0. The lowest BCUT2D eigenvalue weighted by Gasteiger charge is -2.27. The second-order valence-electron chi connectivity index (χ2n) is 7.58. The van der Waals surface area contributed by atoms with E-state index in [1.807, 2.05) is 6.08 Å². The fourth-order valence-electron chi connectivity index (χ4n) is 4.00. The molecule has 0 amide bonds. The summed E-state index contributed by atoms with van der Waals surface area (Å²) in [5.74, 6) is 5.92. The van der Waals surface area contributed by atoms with E-state index in [0.717, 1.165) is 57.8 Å². The van der Waals surface area contributed by atoms with Crippen molar-refractivity contribution in [2.24, 2.45) is 11.8 Å². The van der Waals surface area contributed by atoms with Gasteiger partial charge in [0, 0.05) is 11.5 Å². The van der Waals surface area contributed by atoms with Crippen molar-refractivity contribution in [2.75, 3.05) is 7.11 Å². The Bertz CT molecular complexity index is 542. The first-order valence-corrected chi connectivity index (χ1v) is 10.2. The zero-order valence-corrected chi connectivity index (χ0v) is 16.4. The molecule has 146 valence electrons. The molecule has 2 aliphatic rings. The van der Waals surface area contributed by atoms with Crippen LogP contribution < -0.4 is 0 Å². The molecule has 2 saturated carbocycles. The number of ether oxygens (including phenoxy) is 1. The van der Waals surface area contributed by atoms with Gasteiger partial charge in [0.1, 0.15) is 5.60 Å². The van der Waals surface area contributed by atoms with Gasteiger partial charge in [-0.05, 0) is 57.3 Å². The molecule has 26 heavy (non-hydrogen) atoms. The van der Waals surface area contributed by atoms with E-state index in [2.05, 4.69) is 16.6 Å². The molecule has 0 heterocycles. The van der Waals surface area contributed by atoms with E-state index in [1.54, 1.807) is 0 Å². The van der Waals surface area contributed by atoms with Gasteiger partial charge >= 0.3 is 5.97 Å². The van der Waals surface area contributed by atoms with Crippen molar-refractivity contribution >= 4 is 17.6 Å². The Hall–Kier alpha value is -1.02. The first-order chi connectivity index (χ1) is 12.4. The van der Waals surface area contributed by atoms with Crippen LogP contribution in [0.3, 0.4) is 0 Å². The summed E-state index contributed by atoms with van der Waals surface area (Å²) in [6, 6.07) is 0. The quantitative estimate of drug-likeness (QED) is 0.242. The highest BCUT2D eigenvalue weighted by Crippen LogP contribution is 2.39. The molecule has 4 atom stereocenters. The van der Waals surface area contributed by atoms with E-state index in [-0.39, 0.29) is 23.2 Å². The third-order valence-electron chi connectivity index (χ3n) is 5.57. The number of hydrogen-bond acceptors (Lipinski definition) is 4. The van der Waals surface area contributed by atoms with Gasteiger partial charge in [0.15, 0.2) is 0 Å². The van der Waals surface area contributed by atoms with Gasteiger partial charge < -0.3 is 14.9 Å². The molecule has 0 radical (unpaired) electrons. The Morgan fingerprint density at radius 1 is 1.31 bits per heavy atom. The van der Waals surface area contributed by atoms with E-state index in [0.29, 0.717) is 6.42 Å². The standard InChI is InChI=1S/C21H31ClO4/c1-26-20(24)10-6-3-2-5-9-16-17(19(23)15-18(16)22)11-14-21(25)12-7-4-8-13-21/h6,10,16-19,23,25H,2-5,7-9,12-13,15H2,1H3/b10-6+/t16-,17-,18-,19-/m1/s1. The van der Waals surface area contributed by atoms with Crippen molar-refractivity contribution in [2.45, 2.75) is 81.3 Å². The summed E-state index contributed by atoms with van der Waals surface area (Å²) in [7, 11) is 1.36. The molecule has 0 aliphatic heterocycles. The largest absolute Gasteiger partial charge is 0.466 e. The number of aliphatic hydroxyl groups is 2. The van der Waals surface area contributed by atoms with Gasteiger partial charge in [-0.25, -0.2) is 4.79 Å². The smallest absolute Gasteiger partial charge is 0.330 e. The molecule has 0 aromatic heterocycles. The molecule has 0 aromatic rings. The topological polar surface area (TPSA) is 66.8 Å². The zero-order chi connectivity index (χ0) is 19.0. The van der Waals surface area contributed by atoms with Gasteiger partial charge in [-0.15, -0.1) is 11.6 Å². The number of carbonyl (C=O) groups is 1. The number of rotatable bonds is 6. The van der Waals surface area contributed by atoms with Crippen LogP contribution in [0.2, 0.25) is 0 Å². The highest BCUT2D eigenvalue weighted by Gasteiger charge is 2.40.